The smallest absolute Gasteiger partial charge is 0.266 e. The van der Waals surface area contributed by atoms with Crippen molar-refractivity contribution in [2.75, 3.05) is 19.8 Å². The van der Waals surface area contributed by atoms with Crippen molar-refractivity contribution in [3.63, 3.8) is 0 Å². The molecular weight excluding hydrogens is 616 g/mol. The largest absolute Gasteiger partial charge is 0.378 e. The van der Waals surface area contributed by atoms with Gasteiger partial charge in [-0.2, -0.15) is 17.6 Å². The van der Waals surface area contributed by atoms with Crippen molar-refractivity contribution in [3.05, 3.63) is 24.3 Å². The number of ether oxygens (including phenoxy) is 3. The second-order valence-electron chi connectivity index (χ2n) is 17.1. The van der Waals surface area contributed by atoms with Crippen LogP contribution in [0.15, 0.2) is 24.3 Å². The molecule has 4 saturated carbocycles. The van der Waals surface area contributed by atoms with E-state index in [1.807, 2.05) is 0 Å². The molecule has 6 aliphatic rings. The van der Waals surface area contributed by atoms with Crippen LogP contribution < -0.4 is 0 Å². The molecule has 0 spiro atoms. The second kappa shape index (κ2) is 19.6. The zero-order chi connectivity index (χ0) is 33.9. The standard InChI is InChI=1S/C21H34F2O.C20H32F2O2/c1-15-2-7-17(8-3-15)19-11-12-20(24-14-19)18-9-4-16(5-10-18)6-13-21(22)23;1-14-2-7-17(8-3-14)20-23-12-18(13-24-20)16-9-4-15(5-10-16)6-11-19(21)22/h13,15-20H,2-12,14H2,1H3;11,14-18,20H,2-10,12-13H2,1H3. The van der Waals surface area contributed by atoms with Crippen LogP contribution in [0.5, 0.6) is 0 Å². The highest BCUT2D eigenvalue weighted by atomic mass is 19.3. The fourth-order valence-corrected chi connectivity index (χ4v) is 10.1. The van der Waals surface area contributed by atoms with Crippen molar-refractivity contribution >= 4 is 0 Å². The lowest BCUT2D eigenvalue weighted by Gasteiger charge is -2.41. The molecule has 0 aromatic heterocycles. The van der Waals surface area contributed by atoms with Gasteiger partial charge in [0, 0.05) is 11.8 Å². The molecule has 3 nitrogen and oxygen atoms in total. The first kappa shape index (κ1) is 38.3. The molecule has 276 valence electrons. The second-order valence-corrected chi connectivity index (χ2v) is 17.1. The fourth-order valence-electron chi connectivity index (χ4n) is 10.1. The van der Waals surface area contributed by atoms with Crippen molar-refractivity contribution in [3.8, 4) is 0 Å². The minimum Gasteiger partial charge on any atom is -0.378 e. The predicted molar refractivity (Wildman–Crippen MR) is 185 cm³/mol. The summed E-state index contributed by atoms with van der Waals surface area (Å²) >= 11 is 0. The van der Waals surface area contributed by atoms with E-state index in [1.165, 1.54) is 77.0 Å². The molecule has 4 aliphatic carbocycles. The molecule has 6 rings (SSSR count). The Balaban J connectivity index is 0.000000188. The van der Waals surface area contributed by atoms with E-state index in [0.29, 0.717) is 54.5 Å². The fraction of sp³-hybridized carbons (Fsp3) is 0.902. The topological polar surface area (TPSA) is 27.7 Å². The van der Waals surface area contributed by atoms with Gasteiger partial charge in [-0.15, -0.1) is 0 Å². The Morgan fingerprint density at radius 1 is 0.438 bits per heavy atom. The van der Waals surface area contributed by atoms with Crippen LogP contribution in [0.25, 0.3) is 0 Å². The zero-order valence-corrected chi connectivity index (χ0v) is 30.1. The summed E-state index contributed by atoms with van der Waals surface area (Å²) in [7, 11) is 0. The maximum absolute atomic E-state index is 12.2. The van der Waals surface area contributed by atoms with Crippen LogP contribution in [0.1, 0.15) is 142 Å². The molecule has 0 bridgehead atoms. The van der Waals surface area contributed by atoms with Gasteiger partial charge in [0.15, 0.2) is 6.29 Å². The van der Waals surface area contributed by atoms with E-state index in [0.717, 1.165) is 94.2 Å². The third kappa shape index (κ3) is 12.1. The Hall–Kier alpha value is -0.920. The summed E-state index contributed by atoms with van der Waals surface area (Å²) in [5.41, 5.74) is 0. The van der Waals surface area contributed by atoms with Gasteiger partial charge >= 0.3 is 0 Å². The summed E-state index contributed by atoms with van der Waals surface area (Å²) in [4.78, 5) is 0. The summed E-state index contributed by atoms with van der Waals surface area (Å²) in [6.07, 6.45) is 22.9. The van der Waals surface area contributed by atoms with E-state index in [4.69, 9.17) is 14.2 Å². The number of hydrogen-bond acceptors (Lipinski definition) is 3. The molecule has 2 atom stereocenters. The van der Waals surface area contributed by atoms with Gasteiger partial charge in [-0.1, -0.05) is 39.5 Å². The number of rotatable bonds is 8. The van der Waals surface area contributed by atoms with E-state index < -0.39 is 12.2 Å². The molecule has 0 amide bonds. The summed E-state index contributed by atoms with van der Waals surface area (Å²) in [5.74, 6) is 6.78. The Morgan fingerprint density at radius 2 is 0.833 bits per heavy atom. The quantitative estimate of drug-likeness (QED) is 0.239. The van der Waals surface area contributed by atoms with Gasteiger partial charge in [0.2, 0.25) is 0 Å². The lowest BCUT2D eigenvalue weighted by molar-refractivity contribution is -0.237. The Bertz CT molecular complexity index is 870. The van der Waals surface area contributed by atoms with Crippen molar-refractivity contribution < 1.29 is 31.8 Å². The Morgan fingerprint density at radius 3 is 1.29 bits per heavy atom. The summed E-state index contributed by atoms with van der Waals surface area (Å²) < 4.78 is 67.3. The van der Waals surface area contributed by atoms with Gasteiger partial charge in [0.25, 0.3) is 12.2 Å². The van der Waals surface area contributed by atoms with Gasteiger partial charge < -0.3 is 14.2 Å². The lowest BCUT2D eigenvalue weighted by Crippen LogP contribution is -2.41. The van der Waals surface area contributed by atoms with Crippen LogP contribution in [0.3, 0.4) is 0 Å². The first-order valence-corrected chi connectivity index (χ1v) is 20.1. The summed E-state index contributed by atoms with van der Waals surface area (Å²) in [5, 5.41) is 0. The molecule has 0 aromatic carbocycles. The van der Waals surface area contributed by atoms with E-state index in [-0.39, 0.29) is 6.29 Å². The minimum atomic E-state index is -1.53. The Labute approximate surface area is 289 Å². The molecule has 2 heterocycles. The molecule has 2 aliphatic heterocycles. The van der Waals surface area contributed by atoms with Crippen LogP contribution in [0.2, 0.25) is 0 Å². The van der Waals surface area contributed by atoms with Crippen LogP contribution in [0.4, 0.5) is 17.6 Å². The van der Waals surface area contributed by atoms with Gasteiger partial charge in [0.05, 0.1) is 25.9 Å². The maximum Gasteiger partial charge on any atom is 0.266 e. The van der Waals surface area contributed by atoms with E-state index in [2.05, 4.69) is 13.8 Å². The van der Waals surface area contributed by atoms with Gasteiger partial charge in [-0.3, -0.25) is 0 Å². The summed E-state index contributed by atoms with van der Waals surface area (Å²) in [6.45, 7) is 7.34. The summed E-state index contributed by atoms with van der Waals surface area (Å²) in [6, 6.07) is 0. The molecule has 7 heteroatoms. The zero-order valence-electron chi connectivity index (χ0n) is 30.1. The van der Waals surface area contributed by atoms with Crippen LogP contribution in [-0.4, -0.2) is 32.2 Å². The van der Waals surface area contributed by atoms with Crippen molar-refractivity contribution in [1.82, 2.24) is 0 Å². The first-order chi connectivity index (χ1) is 23.2. The average Bonchev–Trinajstić information content (AvgIpc) is 3.11. The number of allylic oxidation sites excluding steroid dienone is 2. The van der Waals surface area contributed by atoms with Crippen molar-refractivity contribution in [2.45, 2.75) is 155 Å². The lowest BCUT2D eigenvalue weighted by atomic mass is 9.72. The van der Waals surface area contributed by atoms with Gasteiger partial charge in [0.1, 0.15) is 0 Å². The van der Waals surface area contributed by atoms with E-state index in [9.17, 15) is 17.6 Å². The average molecular weight is 683 g/mol. The first-order valence-electron chi connectivity index (χ1n) is 20.1. The molecule has 0 N–H and O–H groups in total. The highest BCUT2D eigenvalue weighted by Crippen LogP contribution is 2.42. The van der Waals surface area contributed by atoms with Crippen molar-refractivity contribution in [1.29, 1.82) is 0 Å². The predicted octanol–water partition coefficient (Wildman–Crippen LogP) is 12.4. The minimum absolute atomic E-state index is 0.0164. The van der Waals surface area contributed by atoms with Crippen LogP contribution >= 0.6 is 0 Å². The maximum atomic E-state index is 12.2. The van der Waals surface area contributed by atoms with Crippen LogP contribution in [0, 0.1) is 59.2 Å². The SMILES string of the molecule is CC1CCC(C2CCC(C3CCC(CC=C(F)F)CC3)OC2)CC1.CC1CCC(C2OCC(C3CCC(CC=C(F)F)CC3)CO2)CC1. The molecule has 6 fully saturated rings. The molecule has 2 saturated heterocycles. The molecule has 48 heavy (non-hydrogen) atoms. The van der Waals surface area contributed by atoms with Gasteiger partial charge in [-0.05, 0) is 162 Å². The monoisotopic (exact) mass is 682 g/mol. The Kier molecular flexibility index (Phi) is 15.7. The molecule has 2 unspecified atom stereocenters. The van der Waals surface area contributed by atoms with Crippen LogP contribution in [-0.2, 0) is 14.2 Å². The highest BCUT2D eigenvalue weighted by Gasteiger charge is 2.37. The molecular formula is C41H66F4O3. The third-order valence-electron chi connectivity index (χ3n) is 13.7. The molecule has 0 aromatic rings. The third-order valence-corrected chi connectivity index (χ3v) is 13.7. The highest BCUT2D eigenvalue weighted by molar-refractivity contribution is 4.89. The normalized spacial score (nSPS) is 41.0. The number of halogens is 4. The van der Waals surface area contributed by atoms with Gasteiger partial charge in [-0.25, -0.2) is 0 Å². The van der Waals surface area contributed by atoms with E-state index >= 15 is 0 Å². The van der Waals surface area contributed by atoms with E-state index in [1.54, 1.807) is 0 Å². The number of hydrogen-bond donors (Lipinski definition) is 0. The molecule has 0 radical (unpaired) electrons. The van der Waals surface area contributed by atoms with Crippen molar-refractivity contribution in [2.24, 2.45) is 59.2 Å².